The zero-order valence-corrected chi connectivity index (χ0v) is 19.5. The Hall–Kier alpha value is -2.93. The molecule has 0 saturated carbocycles. The third-order valence-corrected chi connectivity index (χ3v) is 6.60. The number of halogens is 3. The second-order valence-corrected chi connectivity index (χ2v) is 8.93. The highest BCUT2D eigenvalue weighted by atomic mass is 35.5. The molecule has 0 saturated heterocycles. The minimum Gasteiger partial charge on any atom is -0.507 e. The first-order chi connectivity index (χ1) is 15.7. The average Bonchev–Trinajstić information content (AvgIpc) is 2.80. The van der Waals surface area contributed by atoms with Gasteiger partial charge >= 0.3 is 0 Å². The van der Waals surface area contributed by atoms with Crippen molar-refractivity contribution in [1.82, 2.24) is 10.2 Å². The number of amides is 2. The van der Waals surface area contributed by atoms with Crippen molar-refractivity contribution in [3.8, 4) is 11.5 Å². The molecule has 3 aromatic carbocycles. The zero-order valence-electron chi connectivity index (χ0n) is 17.2. The van der Waals surface area contributed by atoms with E-state index in [0.29, 0.717) is 16.5 Å². The minimum absolute atomic E-state index is 0.0748. The Morgan fingerprint density at radius 2 is 1.64 bits per heavy atom. The van der Waals surface area contributed by atoms with Gasteiger partial charge in [0, 0.05) is 25.6 Å². The van der Waals surface area contributed by atoms with Gasteiger partial charge in [-0.2, -0.15) is 0 Å². The lowest BCUT2D eigenvalue weighted by Gasteiger charge is -2.36. The van der Waals surface area contributed by atoms with E-state index in [9.17, 15) is 19.8 Å². The number of phenolic OH excluding ortho intramolecular Hbond substituents is 2. The number of carbonyl (C=O) groups is 2. The molecule has 0 aliphatic carbocycles. The van der Waals surface area contributed by atoms with Crippen LogP contribution in [0, 0.1) is 0 Å². The summed E-state index contributed by atoms with van der Waals surface area (Å²) in [5, 5.41) is 23.5. The fourth-order valence-electron chi connectivity index (χ4n) is 3.80. The van der Waals surface area contributed by atoms with Gasteiger partial charge in [-0.1, -0.05) is 65.1 Å². The molecule has 0 unspecified atom stereocenters. The molecule has 0 radical (unpaired) electrons. The predicted octanol–water partition coefficient (Wildman–Crippen LogP) is 4.94. The number of nitrogens with zero attached hydrogens (tertiary/aromatic N) is 1. The third kappa shape index (κ3) is 4.88. The van der Waals surface area contributed by atoms with E-state index in [2.05, 4.69) is 5.32 Å². The van der Waals surface area contributed by atoms with E-state index in [1.165, 1.54) is 11.0 Å². The van der Waals surface area contributed by atoms with Crippen LogP contribution in [0.25, 0.3) is 0 Å². The SMILES string of the molecule is O=C(NCc1ccc(Cl)c(Cl)c1)[C@H]1Cc2ccccc2CN1C(=O)c1cc(Cl)c(O)cc1O. The quantitative estimate of drug-likeness (QED) is 0.468. The molecule has 170 valence electrons. The summed E-state index contributed by atoms with van der Waals surface area (Å²) >= 11 is 18.0. The van der Waals surface area contributed by atoms with Gasteiger partial charge < -0.3 is 20.4 Å². The molecular formula is C24H19Cl3N2O4. The van der Waals surface area contributed by atoms with Crippen molar-refractivity contribution in [1.29, 1.82) is 0 Å². The maximum Gasteiger partial charge on any atom is 0.258 e. The molecule has 4 rings (SSSR count). The summed E-state index contributed by atoms with van der Waals surface area (Å²) in [5.74, 6) is -1.69. The number of aromatic hydroxyl groups is 2. The molecule has 3 N–H and O–H groups in total. The highest BCUT2D eigenvalue weighted by molar-refractivity contribution is 6.42. The van der Waals surface area contributed by atoms with Crippen LogP contribution in [0.5, 0.6) is 11.5 Å². The van der Waals surface area contributed by atoms with Gasteiger partial charge in [-0.3, -0.25) is 9.59 Å². The first-order valence-corrected chi connectivity index (χ1v) is 11.2. The molecule has 0 aromatic heterocycles. The standard InChI is InChI=1S/C24H19Cl3N2O4/c25-17-6-5-13(7-18(17)26)11-28-23(32)20-8-14-3-1-2-4-15(14)12-29(20)24(33)16-9-19(27)22(31)10-21(16)30/h1-7,9-10,20,30-31H,8,11-12H2,(H,28,32)/t20-/m1/s1. The highest BCUT2D eigenvalue weighted by Crippen LogP contribution is 2.33. The van der Waals surface area contributed by atoms with Crippen molar-refractivity contribution in [3.05, 3.63) is 91.9 Å². The number of hydrogen-bond donors (Lipinski definition) is 3. The van der Waals surface area contributed by atoms with E-state index < -0.39 is 17.7 Å². The van der Waals surface area contributed by atoms with Gasteiger partial charge in [-0.05, 0) is 34.9 Å². The van der Waals surface area contributed by atoms with Crippen LogP contribution >= 0.6 is 34.8 Å². The van der Waals surface area contributed by atoms with Crippen molar-refractivity contribution in [3.63, 3.8) is 0 Å². The summed E-state index contributed by atoms with van der Waals surface area (Å²) in [5.41, 5.74) is 2.53. The summed E-state index contributed by atoms with van der Waals surface area (Å²) in [6.07, 6.45) is 0.307. The largest absolute Gasteiger partial charge is 0.507 e. The Morgan fingerprint density at radius 3 is 2.36 bits per heavy atom. The number of nitrogens with one attached hydrogen (secondary N) is 1. The zero-order chi connectivity index (χ0) is 23.7. The summed E-state index contributed by atoms with van der Waals surface area (Å²) in [6.45, 7) is 0.379. The van der Waals surface area contributed by atoms with E-state index in [1.54, 1.807) is 18.2 Å². The Morgan fingerprint density at radius 1 is 0.909 bits per heavy atom. The number of rotatable bonds is 4. The predicted molar refractivity (Wildman–Crippen MR) is 127 cm³/mol. The fourth-order valence-corrected chi connectivity index (χ4v) is 4.29. The monoisotopic (exact) mass is 504 g/mol. The molecule has 1 heterocycles. The van der Waals surface area contributed by atoms with Crippen molar-refractivity contribution >= 4 is 46.6 Å². The van der Waals surface area contributed by atoms with E-state index >= 15 is 0 Å². The van der Waals surface area contributed by atoms with Crippen LogP contribution < -0.4 is 5.32 Å². The van der Waals surface area contributed by atoms with Crippen molar-refractivity contribution in [2.75, 3.05) is 0 Å². The number of phenols is 2. The maximum absolute atomic E-state index is 13.4. The molecular weight excluding hydrogens is 487 g/mol. The molecule has 33 heavy (non-hydrogen) atoms. The van der Waals surface area contributed by atoms with Gasteiger partial charge in [0.05, 0.1) is 20.6 Å². The van der Waals surface area contributed by atoms with E-state index in [4.69, 9.17) is 34.8 Å². The summed E-state index contributed by atoms with van der Waals surface area (Å²) in [4.78, 5) is 28.0. The Labute approximate surface area is 205 Å². The number of hydrogen-bond acceptors (Lipinski definition) is 4. The Balaban J connectivity index is 1.62. The van der Waals surface area contributed by atoms with Crippen molar-refractivity contribution < 1.29 is 19.8 Å². The fraction of sp³-hybridized carbons (Fsp3) is 0.167. The van der Waals surface area contributed by atoms with Gasteiger partial charge in [0.25, 0.3) is 5.91 Å². The van der Waals surface area contributed by atoms with Crippen molar-refractivity contribution in [2.24, 2.45) is 0 Å². The summed E-state index contributed by atoms with van der Waals surface area (Å²) in [7, 11) is 0. The first-order valence-electron chi connectivity index (χ1n) is 10.1. The molecule has 1 aliphatic heterocycles. The highest BCUT2D eigenvalue weighted by Gasteiger charge is 2.36. The second-order valence-electron chi connectivity index (χ2n) is 7.71. The first kappa shape index (κ1) is 23.2. The normalized spacial score (nSPS) is 15.1. The maximum atomic E-state index is 13.4. The van der Waals surface area contributed by atoms with Gasteiger partial charge in [0.2, 0.25) is 5.91 Å². The smallest absolute Gasteiger partial charge is 0.258 e. The van der Waals surface area contributed by atoms with Crippen LogP contribution in [-0.4, -0.2) is 33.0 Å². The van der Waals surface area contributed by atoms with E-state index in [0.717, 1.165) is 22.8 Å². The van der Waals surface area contributed by atoms with Crippen molar-refractivity contribution in [2.45, 2.75) is 25.6 Å². The van der Waals surface area contributed by atoms with Gasteiger partial charge in [-0.15, -0.1) is 0 Å². The number of fused-ring (bicyclic) bond motifs is 1. The van der Waals surface area contributed by atoms with Crippen LogP contribution in [0.3, 0.4) is 0 Å². The average molecular weight is 506 g/mol. The van der Waals surface area contributed by atoms with E-state index in [-0.39, 0.29) is 35.3 Å². The van der Waals surface area contributed by atoms with Crippen LogP contribution in [0.1, 0.15) is 27.0 Å². The number of benzene rings is 3. The molecule has 6 nitrogen and oxygen atoms in total. The topological polar surface area (TPSA) is 89.9 Å². The van der Waals surface area contributed by atoms with Crippen LogP contribution in [0.4, 0.5) is 0 Å². The molecule has 3 aromatic rings. The molecule has 0 spiro atoms. The van der Waals surface area contributed by atoms with Crippen LogP contribution in [-0.2, 0) is 24.3 Å². The van der Waals surface area contributed by atoms with E-state index in [1.807, 2.05) is 24.3 Å². The Kier molecular flexibility index (Phi) is 6.70. The van der Waals surface area contributed by atoms with Gasteiger partial charge in [0.1, 0.15) is 17.5 Å². The molecule has 0 fully saturated rings. The summed E-state index contributed by atoms with van der Waals surface area (Å²) in [6, 6.07) is 14.0. The molecule has 1 atom stereocenters. The molecule has 2 amide bonds. The number of carbonyl (C=O) groups excluding carboxylic acids is 2. The third-order valence-electron chi connectivity index (χ3n) is 5.56. The van der Waals surface area contributed by atoms with Crippen LogP contribution in [0.15, 0.2) is 54.6 Å². The molecule has 1 aliphatic rings. The van der Waals surface area contributed by atoms with Crippen LogP contribution in [0.2, 0.25) is 15.1 Å². The second kappa shape index (κ2) is 9.51. The Bertz CT molecular complexity index is 1250. The van der Waals surface area contributed by atoms with Gasteiger partial charge in [-0.25, -0.2) is 0 Å². The summed E-state index contributed by atoms with van der Waals surface area (Å²) < 4.78 is 0. The lowest BCUT2D eigenvalue weighted by atomic mass is 9.92. The lowest BCUT2D eigenvalue weighted by Crippen LogP contribution is -2.52. The van der Waals surface area contributed by atoms with Gasteiger partial charge in [0.15, 0.2) is 0 Å². The lowest BCUT2D eigenvalue weighted by molar-refractivity contribution is -0.126. The minimum atomic E-state index is -0.817. The molecule has 0 bridgehead atoms. The molecule has 9 heteroatoms.